The van der Waals surface area contributed by atoms with Crippen molar-refractivity contribution in [3.63, 3.8) is 0 Å². The summed E-state index contributed by atoms with van der Waals surface area (Å²) in [5.41, 5.74) is 1.01. The highest BCUT2D eigenvalue weighted by Crippen LogP contribution is 2.26. The zero-order chi connectivity index (χ0) is 12.1. The van der Waals surface area contributed by atoms with Crippen molar-refractivity contribution in [3.8, 4) is 0 Å². The van der Waals surface area contributed by atoms with E-state index < -0.39 is 0 Å². The maximum atomic E-state index is 9.37. The molecule has 2 atom stereocenters. The third kappa shape index (κ3) is 3.74. The van der Waals surface area contributed by atoms with E-state index in [1.807, 2.05) is 18.2 Å². The molecule has 1 rings (SSSR count). The molecule has 0 aliphatic carbocycles. The van der Waals surface area contributed by atoms with Crippen LogP contribution >= 0.6 is 27.5 Å². The molecule has 2 unspecified atom stereocenters. The molecule has 2 N–H and O–H groups in total. The third-order valence-electron chi connectivity index (χ3n) is 2.63. The maximum Gasteiger partial charge on any atom is 0.0626 e. The van der Waals surface area contributed by atoms with Gasteiger partial charge < -0.3 is 10.4 Å². The number of hydrogen-bond donors (Lipinski definition) is 2. The van der Waals surface area contributed by atoms with E-state index in [1.54, 1.807) is 0 Å². The number of benzene rings is 1. The Morgan fingerprint density at radius 1 is 1.50 bits per heavy atom. The highest BCUT2D eigenvalue weighted by molar-refractivity contribution is 9.10. The van der Waals surface area contributed by atoms with Gasteiger partial charge in [0.15, 0.2) is 0 Å². The smallest absolute Gasteiger partial charge is 0.0626 e. The van der Waals surface area contributed by atoms with Gasteiger partial charge in [0.05, 0.1) is 17.7 Å². The number of halogens is 2. The molecule has 90 valence electrons. The van der Waals surface area contributed by atoms with E-state index in [1.165, 1.54) is 0 Å². The molecule has 0 radical (unpaired) electrons. The molecule has 2 nitrogen and oxygen atoms in total. The van der Waals surface area contributed by atoms with Crippen LogP contribution in [0.2, 0.25) is 5.02 Å². The van der Waals surface area contributed by atoms with Gasteiger partial charge in [0.25, 0.3) is 0 Å². The van der Waals surface area contributed by atoms with Crippen LogP contribution in [-0.2, 0) is 0 Å². The Morgan fingerprint density at radius 3 is 2.69 bits per heavy atom. The Labute approximate surface area is 110 Å². The number of aliphatic hydroxyl groups excluding tert-OH is 1. The molecule has 0 spiro atoms. The first-order valence-corrected chi connectivity index (χ1v) is 6.57. The lowest BCUT2D eigenvalue weighted by molar-refractivity contribution is 0.234. The average molecular weight is 307 g/mol. The summed E-state index contributed by atoms with van der Waals surface area (Å²) in [6, 6.07) is 6.06. The van der Waals surface area contributed by atoms with Crippen molar-refractivity contribution in [1.29, 1.82) is 0 Å². The summed E-state index contributed by atoms with van der Waals surface area (Å²) in [4.78, 5) is 0. The van der Waals surface area contributed by atoms with Gasteiger partial charge in [0.1, 0.15) is 0 Å². The molecule has 16 heavy (non-hydrogen) atoms. The monoisotopic (exact) mass is 305 g/mol. The maximum absolute atomic E-state index is 9.37. The molecule has 0 saturated carbocycles. The fourth-order valence-corrected chi connectivity index (χ4v) is 1.88. The van der Waals surface area contributed by atoms with E-state index in [-0.39, 0.29) is 12.6 Å². The predicted octanol–water partition coefficient (Wildman–Crippen LogP) is 3.52. The Kier molecular flexibility index (Phi) is 5.76. The first-order chi connectivity index (χ1) is 7.58. The fourth-order valence-electron chi connectivity index (χ4n) is 1.44. The highest BCUT2D eigenvalue weighted by Gasteiger charge is 2.13. The quantitative estimate of drug-likeness (QED) is 0.872. The first kappa shape index (κ1) is 14.0. The second kappa shape index (κ2) is 6.60. The molecule has 0 fully saturated rings. The summed E-state index contributed by atoms with van der Waals surface area (Å²) >= 11 is 9.38. The van der Waals surface area contributed by atoms with Crippen molar-refractivity contribution < 1.29 is 5.11 Å². The van der Waals surface area contributed by atoms with Crippen LogP contribution in [0.4, 0.5) is 0 Å². The van der Waals surface area contributed by atoms with Gasteiger partial charge in [-0.15, -0.1) is 0 Å². The van der Waals surface area contributed by atoms with Gasteiger partial charge in [-0.05, 0) is 47.0 Å². The van der Waals surface area contributed by atoms with Crippen LogP contribution in [0.3, 0.4) is 0 Å². The van der Waals surface area contributed by atoms with Gasteiger partial charge in [-0.3, -0.25) is 0 Å². The van der Waals surface area contributed by atoms with Gasteiger partial charge in [-0.25, -0.2) is 0 Å². The van der Waals surface area contributed by atoms with Crippen LogP contribution in [0.1, 0.15) is 31.9 Å². The van der Waals surface area contributed by atoms with E-state index in [9.17, 15) is 5.11 Å². The van der Waals surface area contributed by atoms with Crippen LogP contribution in [0.15, 0.2) is 22.7 Å². The Morgan fingerprint density at radius 2 is 2.19 bits per heavy atom. The topological polar surface area (TPSA) is 32.3 Å². The molecular weight excluding hydrogens is 289 g/mol. The molecule has 0 bridgehead atoms. The lowest BCUT2D eigenvalue weighted by Crippen LogP contribution is -2.32. The lowest BCUT2D eigenvalue weighted by atomic mass is 10.1. The molecule has 1 aromatic rings. The molecule has 0 heterocycles. The van der Waals surface area contributed by atoms with Gasteiger partial charge in [-0.2, -0.15) is 0 Å². The summed E-state index contributed by atoms with van der Waals surface area (Å²) in [6.07, 6.45) is 1.03. The summed E-state index contributed by atoms with van der Waals surface area (Å²) in [6.45, 7) is 4.28. The van der Waals surface area contributed by atoms with E-state index >= 15 is 0 Å². The standard InChI is InChI=1S/C12H17BrClNO/c1-3-8(2)15-12(7-16)9-4-5-10(13)11(14)6-9/h4-6,8,12,15-16H,3,7H2,1-2H3. The minimum absolute atomic E-state index is 0.0550. The van der Waals surface area contributed by atoms with Gasteiger partial charge in [0.2, 0.25) is 0 Å². The molecule has 0 amide bonds. The van der Waals surface area contributed by atoms with E-state index in [2.05, 4.69) is 35.1 Å². The third-order valence-corrected chi connectivity index (χ3v) is 3.86. The number of nitrogens with one attached hydrogen (secondary N) is 1. The average Bonchev–Trinajstić information content (AvgIpc) is 2.29. The molecule has 0 aliphatic rings. The largest absolute Gasteiger partial charge is 0.394 e. The Hall–Kier alpha value is -0.0900. The Bertz CT molecular complexity index is 346. The van der Waals surface area contributed by atoms with Crippen LogP contribution in [0.25, 0.3) is 0 Å². The second-order valence-electron chi connectivity index (χ2n) is 3.88. The number of hydrogen-bond acceptors (Lipinski definition) is 2. The van der Waals surface area contributed by atoms with Crippen LogP contribution in [0.5, 0.6) is 0 Å². The summed E-state index contributed by atoms with van der Waals surface area (Å²) in [5.74, 6) is 0. The van der Waals surface area contributed by atoms with Crippen LogP contribution in [-0.4, -0.2) is 17.8 Å². The zero-order valence-electron chi connectivity index (χ0n) is 9.50. The zero-order valence-corrected chi connectivity index (χ0v) is 11.8. The van der Waals surface area contributed by atoms with Crippen molar-refractivity contribution >= 4 is 27.5 Å². The van der Waals surface area contributed by atoms with E-state index in [0.29, 0.717) is 11.1 Å². The predicted molar refractivity (Wildman–Crippen MR) is 71.9 cm³/mol. The normalized spacial score (nSPS) is 14.8. The molecular formula is C12H17BrClNO. The van der Waals surface area contributed by atoms with Crippen molar-refractivity contribution in [2.24, 2.45) is 0 Å². The Balaban J connectivity index is 2.82. The molecule has 1 aromatic carbocycles. The van der Waals surface area contributed by atoms with Gasteiger partial charge in [-0.1, -0.05) is 24.6 Å². The van der Waals surface area contributed by atoms with Crippen LogP contribution < -0.4 is 5.32 Å². The first-order valence-electron chi connectivity index (χ1n) is 5.40. The van der Waals surface area contributed by atoms with Gasteiger partial charge in [0, 0.05) is 10.5 Å². The SMILES string of the molecule is CCC(C)NC(CO)c1ccc(Br)c(Cl)c1. The minimum atomic E-state index is -0.0550. The minimum Gasteiger partial charge on any atom is -0.394 e. The van der Waals surface area contributed by atoms with Crippen molar-refractivity contribution in [2.75, 3.05) is 6.61 Å². The summed E-state index contributed by atoms with van der Waals surface area (Å²) in [5, 5.41) is 13.4. The number of rotatable bonds is 5. The van der Waals surface area contributed by atoms with Crippen molar-refractivity contribution in [2.45, 2.75) is 32.4 Å². The van der Waals surface area contributed by atoms with Crippen LogP contribution in [0, 0.1) is 0 Å². The van der Waals surface area contributed by atoms with Gasteiger partial charge >= 0.3 is 0 Å². The lowest BCUT2D eigenvalue weighted by Gasteiger charge is -2.21. The van der Waals surface area contributed by atoms with E-state index in [4.69, 9.17) is 11.6 Å². The molecule has 0 aliphatic heterocycles. The van der Waals surface area contributed by atoms with Crippen molar-refractivity contribution in [3.05, 3.63) is 33.3 Å². The number of aliphatic hydroxyl groups is 1. The fraction of sp³-hybridized carbons (Fsp3) is 0.500. The molecule has 0 saturated heterocycles. The highest BCUT2D eigenvalue weighted by atomic mass is 79.9. The van der Waals surface area contributed by atoms with E-state index in [0.717, 1.165) is 16.5 Å². The molecule has 4 heteroatoms. The second-order valence-corrected chi connectivity index (χ2v) is 5.15. The molecule has 0 aromatic heterocycles. The summed E-state index contributed by atoms with van der Waals surface area (Å²) in [7, 11) is 0. The summed E-state index contributed by atoms with van der Waals surface area (Å²) < 4.78 is 0.873. The van der Waals surface area contributed by atoms with Crippen molar-refractivity contribution in [1.82, 2.24) is 5.32 Å².